The maximum absolute atomic E-state index is 12.5. The molecule has 0 saturated carbocycles. The van der Waals surface area contributed by atoms with Gasteiger partial charge in [-0.3, -0.25) is 29.1 Å². The molecule has 122 valence electrons. The number of carbonyl (C=O) groups excluding carboxylic acids is 3. The topological polar surface area (TPSA) is 120 Å². The van der Waals surface area contributed by atoms with Crippen molar-refractivity contribution >= 4 is 23.4 Å². The number of ether oxygens (including phenoxy) is 1. The first-order valence-corrected chi connectivity index (χ1v) is 6.95. The Labute approximate surface area is 135 Å². The van der Waals surface area contributed by atoms with Gasteiger partial charge in [-0.15, -0.1) is 0 Å². The number of anilines is 1. The normalized spacial score (nSPS) is 12.8. The van der Waals surface area contributed by atoms with Crippen LogP contribution in [-0.4, -0.2) is 29.3 Å². The number of nitrogens with zero attached hydrogens (tertiary/aromatic N) is 1. The van der Waals surface area contributed by atoms with E-state index >= 15 is 0 Å². The predicted molar refractivity (Wildman–Crippen MR) is 84.8 cm³/mol. The summed E-state index contributed by atoms with van der Waals surface area (Å²) in [6, 6.07) is 5.55. The van der Waals surface area contributed by atoms with Crippen LogP contribution in [0.2, 0.25) is 0 Å². The van der Waals surface area contributed by atoms with E-state index in [-0.39, 0.29) is 28.4 Å². The van der Waals surface area contributed by atoms with Crippen molar-refractivity contribution in [2.75, 3.05) is 12.8 Å². The van der Waals surface area contributed by atoms with E-state index in [9.17, 15) is 19.2 Å². The number of nitrogen functional groups attached to an aromatic ring is 1. The number of rotatable bonds is 3. The highest BCUT2D eigenvalue weighted by Gasteiger charge is 2.32. The lowest BCUT2D eigenvalue weighted by molar-refractivity contribution is 0.0879. The number of ketones is 1. The zero-order valence-corrected chi connectivity index (χ0v) is 12.9. The minimum absolute atomic E-state index is 0.0690. The van der Waals surface area contributed by atoms with Crippen molar-refractivity contribution in [1.29, 1.82) is 0 Å². The third-order valence-corrected chi connectivity index (χ3v) is 3.78. The summed E-state index contributed by atoms with van der Waals surface area (Å²) in [7, 11) is 1.40. The fourth-order valence-corrected chi connectivity index (χ4v) is 2.61. The van der Waals surface area contributed by atoms with E-state index in [0.717, 1.165) is 10.6 Å². The number of fused-ring (bicyclic) bond motifs is 1. The smallest absolute Gasteiger partial charge is 0.262 e. The Morgan fingerprint density at radius 3 is 2.50 bits per heavy atom. The average Bonchev–Trinajstić information content (AvgIpc) is 2.81. The maximum Gasteiger partial charge on any atom is 0.262 e. The number of imide groups is 1. The number of Topliss-reactive ketones (excluding diaryl/α,β-unsaturated/α-hetero) is 1. The van der Waals surface area contributed by atoms with E-state index in [1.807, 2.05) is 0 Å². The third kappa shape index (κ3) is 2.16. The Morgan fingerprint density at radius 2 is 1.88 bits per heavy atom. The summed E-state index contributed by atoms with van der Waals surface area (Å²) < 4.78 is 6.26. The highest BCUT2D eigenvalue weighted by molar-refractivity contribution is 6.23. The first kappa shape index (κ1) is 15.5. The van der Waals surface area contributed by atoms with Gasteiger partial charge in [0.05, 0.1) is 23.9 Å². The number of hydrogen-bond acceptors (Lipinski definition) is 6. The quantitative estimate of drug-likeness (QED) is 0.626. The monoisotopic (exact) mass is 327 g/mol. The number of amides is 2. The number of methoxy groups -OCH3 is 1. The molecule has 3 N–H and O–H groups in total. The van der Waals surface area contributed by atoms with Gasteiger partial charge in [-0.25, -0.2) is 0 Å². The van der Waals surface area contributed by atoms with Gasteiger partial charge >= 0.3 is 0 Å². The molecule has 0 radical (unpaired) electrons. The Kier molecular flexibility index (Phi) is 3.44. The van der Waals surface area contributed by atoms with Crippen molar-refractivity contribution in [3.05, 3.63) is 51.3 Å². The Bertz CT molecular complexity index is 974. The molecule has 8 heteroatoms. The summed E-state index contributed by atoms with van der Waals surface area (Å²) in [6.45, 7) is 1.38. The van der Waals surface area contributed by atoms with Crippen LogP contribution < -0.4 is 21.3 Å². The molecule has 0 aliphatic carbocycles. The van der Waals surface area contributed by atoms with Crippen LogP contribution in [0.15, 0.2) is 29.1 Å². The number of nitrogens with one attached hydrogen (secondary N) is 1. The Balaban J connectivity index is 2.36. The largest absolute Gasteiger partial charge is 0.495 e. The summed E-state index contributed by atoms with van der Waals surface area (Å²) in [5, 5.41) is 2.09. The molecule has 2 amide bonds. The Hall–Kier alpha value is -3.42. The van der Waals surface area contributed by atoms with Crippen LogP contribution in [0.4, 0.5) is 5.82 Å². The molecule has 1 aliphatic heterocycles. The second-order valence-corrected chi connectivity index (χ2v) is 5.22. The molecule has 0 spiro atoms. The molecular formula is C16H13N3O5. The molecule has 0 atom stereocenters. The SMILES string of the molecule is COc1ccc(C(C)=O)cc1-n1c(N)c2c(cc1=O)C(=O)NC2=O. The van der Waals surface area contributed by atoms with Gasteiger partial charge < -0.3 is 10.5 Å². The molecule has 1 aromatic carbocycles. The number of aromatic nitrogens is 1. The second-order valence-electron chi connectivity index (χ2n) is 5.22. The van der Waals surface area contributed by atoms with Crippen molar-refractivity contribution in [2.45, 2.75) is 6.92 Å². The fraction of sp³-hybridized carbons (Fsp3) is 0.125. The van der Waals surface area contributed by atoms with Gasteiger partial charge in [0.15, 0.2) is 5.78 Å². The molecule has 0 unspecified atom stereocenters. The van der Waals surface area contributed by atoms with Crippen LogP contribution in [0.1, 0.15) is 38.0 Å². The van der Waals surface area contributed by atoms with Gasteiger partial charge in [0.1, 0.15) is 11.6 Å². The number of nitrogens with two attached hydrogens (primary N) is 1. The average molecular weight is 327 g/mol. The first-order valence-electron chi connectivity index (χ1n) is 6.95. The molecule has 8 nitrogen and oxygen atoms in total. The van der Waals surface area contributed by atoms with Crippen molar-refractivity contribution in [3.63, 3.8) is 0 Å². The fourth-order valence-electron chi connectivity index (χ4n) is 2.61. The number of carbonyl (C=O) groups is 3. The first-order chi connectivity index (χ1) is 11.3. The van der Waals surface area contributed by atoms with Crippen LogP contribution in [0.5, 0.6) is 5.75 Å². The van der Waals surface area contributed by atoms with Crippen molar-refractivity contribution in [2.24, 2.45) is 0 Å². The molecule has 1 aromatic heterocycles. The van der Waals surface area contributed by atoms with E-state index in [0.29, 0.717) is 11.3 Å². The maximum atomic E-state index is 12.5. The molecule has 2 heterocycles. The van der Waals surface area contributed by atoms with Crippen molar-refractivity contribution < 1.29 is 19.1 Å². The van der Waals surface area contributed by atoms with Crippen LogP contribution in [0.3, 0.4) is 0 Å². The van der Waals surface area contributed by atoms with E-state index in [1.54, 1.807) is 6.07 Å². The molecule has 0 bridgehead atoms. The molecule has 3 rings (SSSR count). The van der Waals surface area contributed by atoms with Gasteiger partial charge in [-0.1, -0.05) is 0 Å². The highest BCUT2D eigenvalue weighted by atomic mass is 16.5. The number of benzene rings is 1. The summed E-state index contributed by atoms with van der Waals surface area (Å²) in [5.41, 5.74) is 5.78. The summed E-state index contributed by atoms with van der Waals surface area (Å²) in [4.78, 5) is 47.7. The standard InChI is InChI=1S/C16H13N3O5/c1-7(20)8-3-4-11(24-2)10(5-8)19-12(21)6-9-13(14(19)17)16(23)18-15(9)22/h3-6H,17H2,1-2H3,(H,18,22,23). The van der Waals surface area contributed by atoms with Gasteiger partial charge in [-0.05, 0) is 25.1 Å². The molecule has 0 saturated heterocycles. The van der Waals surface area contributed by atoms with Crippen LogP contribution >= 0.6 is 0 Å². The van der Waals surface area contributed by atoms with E-state index in [2.05, 4.69) is 5.32 Å². The minimum atomic E-state index is -0.678. The highest BCUT2D eigenvalue weighted by Crippen LogP contribution is 2.28. The van der Waals surface area contributed by atoms with Gasteiger partial charge in [-0.2, -0.15) is 0 Å². The lowest BCUT2D eigenvalue weighted by atomic mass is 10.1. The van der Waals surface area contributed by atoms with E-state index in [1.165, 1.54) is 26.2 Å². The molecular weight excluding hydrogens is 314 g/mol. The summed E-state index contributed by atoms with van der Waals surface area (Å²) in [6.07, 6.45) is 0. The van der Waals surface area contributed by atoms with Gasteiger partial charge in [0.2, 0.25) is 0 Å². The zero-order chi connectivity index (χ0) is 17.6. The van der Waals surface area contributed by atoms with Crippen LogP contribution in [0.25, 0.3) is 5.69 Å². The van der Waals surface area contributed by atoms with Crippen molar-refractivity contribution in [3.8, 4) is 11.4 Å². The molecule has 24 heavy (non-hydrogen) atoms. The molecule has 2 aromatic rings. The lowest BCUT2D eigenvalue weighted by Gasteiger charge is -2.15. The van der Waals surface area contributed by atoms with Crippen LogP contribution in [-0.2, 0) is 0 Å². The van der Waals surface area contributed by atoms with E-state index < -0.39 is 17.4 Å². The number of hydrogen-bond donors (Lipinski definition) is 2. The van der Waals surface area contributed by atoms with Crippen LogP contribution in [0, 0.1) is 0 Å². The minimum Gasteiger partial charge on any atom is -0.495 e. The third-order valence-electron chi connectivity index (χ3n) is 3.78. The van der Waals surface area contributed by atoms with Crippen molar-refractivity contribution in [1.82, 2.24) is 9.88 Å². The summed E-state index contributed by atoms with van der Waals surface area (Å²) in [5.74, 6) is -1.46. The summed E-state index contributed by atoms with van der Waals surface area (Å²) >= 11 is 0. The molecule has 1 aliphatic rings. The number of pyridine rings is 1. The second kappa shape index (κ2) is 5.34. The van der Waals surface area contributed by atoms with E-state index in [4.69, 9.17) is 10.5 Å². The molecule has 0 fully saturated rings. The Morgan fingerprint density at radius 1 is 1.17 bits per heavy atom. The van der Waals surface area contributed by atoms with Gasteiger partial charge in [0, 0.05) is 11.6 Å². The lowest BCUT2D eigenvalue weighted by Crippen LogP contribution is -2.24. The predicted octanol–water partition coefficient (Wildman–Crippen LogP) is 0.514. The zero-order valence-electron chi connectivity index (χ0n) is 12.9. The van der Waals surface area contributed by atoms with Gasteiger partial charge in [0.25, 0.3) is 17.4 Å².